The highest BCUT2D eigenvalue weighted by Gasteiger charge is 2.21. The maximum Gasteiger partial charge on any atom is 0.343 e. The minimum Gasteiger partial charge on any atom is -0.462 e. The van der Waals surface area contributed by atoms with Gasteiger partial charge in [-0.05, 0) is 13.8 Å². The van der Waals surface area contributed by atoms with Crippen molar-refractivity contribution in [3.8, 4) is 5.75 Å². The third kappa shape index (κ3) is 2.42. The van der Waals surface area contributed by atoms with Gasteiger partial charge >= 0.3 is 11.9 Å². The number of hydrogen-bond donors (Lipinski definition) is 0. The Hall–Kier alpha value is -1.78. The smallest absolute Gasteiger partial charge is 0.343 e. The fourth-order valence-corrected chi connectivity index (χ4v) is 1.38. The molecule has 16 heavy (non-hydrogen) atoms. The van der Waals surface area contributed by atoms with Crippen molar-refractivity contribution >= 4 is 11.9 Å². The van der Waals surface area contributed by atoms with Crippen LogP contribution < -0.4 is 4.74 Å². The van der Waals surface area contributed by atoms with Gasteiger partial charge in [0.1, 0.15) is 5.56 Å². The normalized spacial score (nSPS) is 10.0. The molecule has 1 aromatic rings. The molecule has 0 saturated heterocycles. The molecule has 0 fully saturated rings. The third-order valence-electron chi connectivity index (χ3n) is 2.18. The second kappa shape index (κ2) is 4.83. The van der Waals surface area contributed by atoms with Crippen molar-refractivity contribution in [3.05, 3.63) is 17.5 Å². The molecule has 0 aliphatic heterocycles. The first-order chi connectivity index (χ1) is 7.47. The first-order valence-electron chi connectivity index (χ1n) is 4.98. The molecule has 0 radical (unpaired) electrons. The van der Waals surface area contributed by atoms with Crippen LogP contribution in [0.4, 0.5) is 0 Å². The molecule has 1 heterocycles. The Morgan fingerprint density at radius 3 is 2.56 bits per heavy atom. The molecule has 5 heteroatoms. The van der Waals surface area contributed by atoms with Gasteiger partial charge in [0, 0.05) is 25.9 Å². The summed E-state index contributed by atoms with van der Waals surface area (Å²) < 4.78 is 11.6. The molecule has 0 unspecified atom stereocenters. The van der Waals surface area contributed by atoms with E-state index in [2.05, 4.69) is 0 Å². The van der Waals surface area contributed by atoms with Crippen molar-refractivity contribution in [1.29, 1.82) is 0 Å². The molecular formula is C11H15NO4. The van der Waals surface area contributed by atoms with Crippen LogP contribution in [0.5, 0.6) is 5.75 Å². The van der Waals surface area contributed by atoms with Crippen LogP contribution in [0.3, 0.4) is 0 Å². The Kier molecular flexibility index (Phi) is 3.71. The molecule has 0 bridgehead atoms. The van der Waals surface area contributed by atoms with Gasteiger partial charge < -0.3 is 14.0 Å². The highest BCUT2D eigenvalue weighted by molar-refractivity contribution is 5.94. The largest absolute Gasteiger partial charge is 0.462 e. The van der Waals surface area contributed by atoms with Crippen LogP contribution in [0.2, 0.25) is 0 Å². The van der Waals surface area contributed by atoms with E-state index in [1.54, 1.807) is 31.7 Å². The highest BCUT2D eigenvalue weighted by Crippen LogP contribution is 2.25. The lowest BCUT2D eigenvalue weighted by Gasteiger charge is -2.04. The zero-order valence-corrected chi connectivity index (χ0v) is 9.86. The number of carbonyl (C=O) groups excluding carboxylic acids is 2. The van der Waals surface area contributed by atoms with Gasteiger partial charge in [-0.1, -0.05) is 0 Å². The summed E-state index contributed by atoms with van der Waals surface area (Å²) in [5, 5.41) is 0. The molecular weight excluding hydrogens is 210 g/mol. The first kappa shape index (κ1) is 12.3. The minimum atomic E-state index is -0.475. The summed E-state index contributed by atoms with van der Waals surface area (Å²) in [6.45, 7) is 5.06. The lowest BCUT2D eigenvalue weighted by molar-refractivity contribution is -0.131. The zero-order chi connectivity index (χ0) is 12.3. The van der Waals surface area contributed by atoms with Crippen molar-refractivity contribution in [1.82, 2.24) is 4.57 Å². The van der Waals surface area contributed by atoms with Gasteiger partial charge in [0.05, 0.1) is 6.61 Å². The SMILES string of the molecule is CCOC(=O)c1c(OC(C)=O)cn(C)c1C. The summed E-state index contributed by atoms with van der Waals surface area (Å²) in [5.41, 5.74) is 1.01. The maximum atomic E-state index is 11.7. The summed E-state index contributed by atoms with van der Waals surface area (Å²) in [6, 6.07) is 0. The fourth-order valence-electron chi connectivity index (χ4n) is 1.38. The number of carbonyl (C=O) groups is 2. The van der Waals surface area contributed by atoms with Crippen LogP contribution in [0, 0.1) is 6.92 Å². The Labute approximate surface area is 94.0 Å². The van der Waals surface area contributed by atoms with E-state index in [9.17, 15) is 9.59 Å². The summed E-state index contributed by atoms with van der Waals surface area (Å²) in [4.78, 5) is 22.5. The highest BCUT2D eigenvalue weighted by atomic mass is 16.5. The summed E-state index contributed by atoms with van der Waals surface area (Å²) in [6.07, 6.45) is 1.59. The number of rotatable bonds is 3. The molecule has 0 aliphatic carbocycles. The van der Waals surface area contributed by atoms with Gasteiger partial charge in [-0.25, -0.2) is 4.79 Å². The molecule has 0 aliphatic rings. The van der Waals surface area contributed by atoms with Gasteiger partial charge in [0.25, 0.3) is 0 Å². The molecule has 0 aromatic carbocycles. The second-order valence-corrected chi connectivity index (χ2v) is 3.38. The van der Waals surface area contributed by atoms with Crippen molar-refractivity contribution in [2.45, 2.75) is 20.8 Å². The Morgan fingerprint density at radius 2 is 2.06 bits per heavy atom. The lowest BCUT2D eigenvalue weighted by Crippen LogP contribution is -2.10. The number of ether oxygens (including phenoxy) is 2. The number of nitrogens with zero attached hydrogens (tertiary/aromatic N) is 1. The zero-order valence-electron chi connectivity index (χ0n) is 9.86. The minimum absolute atomic E-state index is 0.242. The Bertz CT molecular complexity index is 420. The van der Waals surface area contributed by atoms with Gasteiger partial charge in [0.2, 0.25) is 0 Å². The predicted molar refractivity (Wildman–Crippen MR) is 57.4 cm³/mol. The van der Waals surface area contributed by atoms with Crippen molar-refractivity contribution in [2.24, 2.45) is 7.05 Å². The molecule has 0 amide bonds. The van der Waals surface area contributed by atoms with Crippen LogP contribution in [0.15, 0.2) is 6.20 Å². The van der Waals surface area contributed by atoms with Gasteiger partial charge in [0.15, 0.2) is 5.75 Å². The van der Waals surface area contributed by atoms with E-state index in [-0.39, 0.29) is 12.4 Å². The summed E-state index contributed by atoms with van der Waals surface area (Å²) >= 11 is 0. The van der Waals surface area contributed by atoms with Gasteiger partial charge in [-0.2, -0.15) is 0 Å². The topological polar surface area (TPSA) is 57.5 Å². The van der Waals surface area contributed by atoms with E-state index in [1.165, 1.54) is 6.92 Å². The van der Waals surface area contributed by atoms with Crippen molar-refractivity contribution in [2.75, 3.05) is 6.61 Å². The molecule has 0 saturated carbocycles. The average molecular weight is 225 g/mol. The van der Waals surface area contributed by atoms with E-state index in [0.29, 0.717) is 11.3 Å². The summed E-state index contributed by atoms with van der Waals surface area (Å²) in [7, 11) is 1.77. The monoisotopic (exact) mass is 225 g/mol. The second-order valence-electron chi connectivity index (χ2n) is 3.38. The maximum absolute atomic E-state index is 11.7. The standard InChI is InChI=1S/C11H15NO4/c1-5-15-11(14)10-7(2)12(4)6-9(10)16-8(3)13/h6H,5H2,1-4H3. The molecule has 0 spiro atoms. The Morgan fingerprint density at radius 1 is 1.44 bits per heavy atom. The van der Waals surface area contributed by atoms with Crippen LogP contribution in [0.25, 0.3) is 0 Å². The number of aromatic nitrogens is 1. The number of hydrogen-bond acceptors (Lipinski definition) is 4. The number of aryl methyl sites for hydroxylation is 1. The molecule has 88 valence electrons. The third-order valence-corrected chi connectivity index (χ3v) is 2.18. The molecule has 0 atom stereocenters. The van der Waals surface area contributed by atoms with Gasteiger partial charge in [-0.3, -0.25) is 4.79 Å². The van der Waals surface area contributed by atoms with E-state index >= 15 is 0 Å². The lowest BCUT2D eigenvalue weighted by atomic mass is 10.2. The van der Waals surface area contributed by atoms with E-state index in [0.717, 1.165) is 0 Å². The van der Waals surface area contributed by atoms with Crippen LogP contribution in [-0.2, 0) is 16.6 Å². The number of esters is 2. The van der Waals surface area contributed by atoms with E-state index in [4.69, 9.17) is 9.47 Å². The van der Waals surface area contributed by atoms with Crippen molar-refractivity contribution in [3.63, 3.8) is 0 Å². The van der Waals surface area contributed by atoms with Gasteiger partial charge in [-0.15, -0.1) is 0 Å². The van der Waals surface area contributed by atoms with E-state index in [1.807, 2.05) is 0 Å². The first-order valence-corrected chi connectivity index (χ1v) is 4.98. The van der Waals surface area contributed by atoms with Crippen LogP contribution >= 0.6 is 0 Å². The Balaban J connectivity index is 3.13. The molecule has 1 rings (SSSR count). The quantitative estimate of drug-likeness (QED) is 0.730. The van der Waals surface area contributed by atoms with Crippen molar-refractivity contribution < 1.29 is 19.1 Å². The average Bonchev–Trinajstić information content (AvgIpc) is 2.41. The summed E-state index contributed by atoms with van der Waals surface area (Å²) in [5.74, 6) is -0.695. The molecule has 5 nitrogen and oxygen atoms in total. The fraction of sp³-hybridized carbons (Fsp3) is 0.455. The predicted octanol–water partition coefficient (Wildman–Crippen LogP) is 1.44. The van der Waals surface area contributed by atoms with Crippen LogP contribution in [0.1, 0.15) is 29.9 Å². The molecule has 0 N–H and O–H groups in total. The van der Waals surface area contributed by atoms with Crippen LogP contribution in [-0.4, -0.2) is 23.1 Å². The molecule has 1 aromatic heterocycles. The van der Waals surface area contributed by atoms with E-state index < -0.39 is 11.9 Å².